The molecule has 1 aromatic carbocycles. The summed E-state index contributed by atoms with van der Waals surface area (Å²) in [5.74, 6) is 0.853. The second-order valence-electron chi connectivity index (χ2n) is 3.46. The molecule has 0 aliphatic rings. The predicted molar refractivity (Wildman–Crippen MR) is 69.5 cm³/mol. The van der Waals surface area contributed by atoms with Gasteiger partial charge in [0.15, 0.2) is 11.5 Å². The van der Waals surface area contributed by atoms with Gasteiger partial charge < -0.3 is 20.5 Å². The van der Waals surface area contributed by atoms with Gasteiger partial charge >= 0.3 is 0 Å². The van der Waals surface area contributed by atoms with Crippen LogP contribution in [0.1, 0.15) is 6.92 Å². The first kappa shape index (κ1) is 13.8. The van der Waals surface area contributed by atoms with Gasteiger partial charge in [0.1, 0.15) is 0 Å². The van der Waals surface area contributed by atoms with Crippen molar-refractivity contribution in [2.75, 3.05) is 19.5 Å². The number of methoxy groups -OCH3 is 2. The van der Waals surface area contributed by atoms with Crippen molar-refractivity contribution in [1.82, 2.24) is 0 Å². The summed E-state index contributed by atoms with van der Waals surface area (Å²) in [5.41, 5.74) is 6.07. The molecular weight excluding hydrogens is 288 g/mol. The SMILES string of the molecule is COc1cc(Br)c(NC(=O)[C@H](C)N)cc1OC. The number of hydrogen-bond donors (Lipinski definition) is 2. The molecule has 0 aliphatic carbocycles. The predicted octanol–water partition coefficient (Wildman–Crippen LogP) is 1.75. The smallest absolute Gasteiger partial charge is 0.241 e. The van der Waals surface area contributed by atoms with Gasteiger partial charge in [-0.05, 0) is 22.9 Å². The molecule has 1 aromatic rings. The lowest BCUT2D eigenvalue weighted by Gasteiger charge is -2.13. The summed E-state index contributed by atoms with van der Waals surface area (Å²) < 4.78 is 11.0. The molecule has 0 spiro atoms. The minimum Gasteiger partial charge on any atom is -0.493 e. The van der Waals surface area contributed by atoms with Gasteiger partial charge in [-0.3, -0.25) is 4.79 Å². The molecule has 0 radical (unpaired) electrons. The zero-order chi connectivity index (χ0) is 13.0. The van der Waals surface area contributed by atoms with E-state index in [9.17, 15) is 4.79 Å². The standard InChI is InChI=1S/C11H15BrN2O3/c1-6(13)11(15)14-8-5-10(17-3)9(16-2)4-7(8)12/h4-6H,13H2,1-3H3,(H,14,15)/t6-/m0/s1. The number of amides is 1. The number of ether oxygens (including phenoxy) is 2. The van der Waals surface area contributed by atoms with Crippen molar-refractivity contribution in [3.63, 3.8) is 0 Å². The topological polar surface area (TPSA) is 73.6 Å². The molecule has 0 unspecified atom stereocenters. The number of carbonyl (C=O) groups is 1. The van der Waals surface area contributed by atoms with E-state index in [1.54, 1.807) is 26.2 Å². The van der Waals surface area contributed by atoms with Crippen molar-refractivity contribution >= 4 is 27.5 Å². The number of hydrogen-bond acceptors (Lipinski definition) is 4. The van der Waals surface area contributed by atoms with E-state index in [1.165, 1.54) is 7.11 Å². The minimum atomic E-state index is -0.574. The summed E-state index contributed by atoms with van der Waals surface area (Å²) in [6, 6.07) is 2.81. The monoisotopic (exact) mass is 302 g/mol. The lowest BCUT2D eigenvalue weighted by molar-refractivity contribution is -0.117. The lowest BCUT2D eigenvalue weighted by Crippen LogP contribution is -2.32. The Bertz CT molecular complexity index is 421. The van der Waals surface area contributed by atoms with Crippen molar-refractivity contribution < 1.29 is 14.3 Å². The van der Waals surface area contributed by atoms with Crippen molar-refractivity contribution in [1.29, 1.82) is 0 Å². The summed E-state index contributed by atoms with van der Waals surface area (Å²) in [4.78, 5) is 11.5. The van der Waals surface area contributed by atoms with E-state index in [4.69, 9.17) is 15.2 Å². The highest BCUT2D eigenvalue weighted by Crippen LogP contribution is 2.36. The zero-order valence-corrected chi connectivity index (χ0v) is 11.5. The average molecular weight is 303 g/mol. The molecule has 0 aromatic heterocycles. The fraction of sp³-hybridized carbons (Fsp3) is 0.364. The first-order valence-corrected chi connectivity index (χ1v) is 5.76. The maximum atomic E-state index is 11.5. The molecule has 5 nitrogen and oxygen atoms in total. The van der Waals surface area contributed by atoms with Crippen LogP contribution in [-0.2, 0) is 4.79 Å². The molecule has 0 bridgehead atoms. The summed E-state index contributed by atoms with van der Waals surface area (Å²) >= 11 is 3.34. The molecule has 0 fully saturated rings. The fourth-order valence-electron chi connectivity index (χ4n) is 1.20. The van der Waals surface area contributed by atoms with Gasteiger partial charge in [0.05, 0.1) is 25.9 Å². The van der Waals surface area contributed by atoms with E-state index in [1.807, 2.05) is 0 Å². The first-order valence-electron chi connectivity index (χ1n) is 4.97. The van der Waals surface area contributed by atoms with Crippen LogP contribution in [0.4, 0.5) is 5.69 Å². The number of halogens is 1. The number of nitrogens with one attached hydrogen (secondary N) is 1. The van der Waals surface area contributed by atoms with Crippen LogP contribution in [0.2, 0.25) is 0 Å². The van der Waals surface area contributed by atoms with Crippen molar-refractivity contribution in [3.8, 4) is 11.5 Å². The van der Waals surface area contributed by atoms with E-state index in [2.05, 4.69) is 21.2 Å². The molecule has 1 rings (SSSR count). The number of benzene rings is 1. The third-order valence-electron chi connectivity index (χ3n) is 2.14. The second kappa shape index (κ2) is 5.88. The zero-order valence-electron chi connectivity index (χ0n) is 9.91. The highest BCUT2D eigenvalue weighted by molar-refractivity contribution is 9.10. The van der Waals surface area contributed by atoms with Gasteiger partial charge in [0.2, 0.25) is 5.91 Å². The number of nitrogens with two attached hydrogens (primary N) is 1. The molecule has 0 heterocycles. The maximum absolute atomic E-state index is 11.5. The molecule has 3 N–H and O–H groups in total. The van der Waals surface area contributed by atoms with Gasteiger partial charge in [-0.2, -0.15) is 0 Å². The molecule has 17 heavy (non-hydrogen) atoms. The van der Waals surface area contributed by atoms with Crippen LogP contribution in [0.25, 0.3) is 0 Å². The van der Waals surface area contributed by atoms with E-state index in [-0.39, 0.29) is 5.91 Å². The van der Waals surface area contributed by atoms with E-state index >= 15 is 0 Å². The summed E-state index contributed by atoms with van der Waals surface area (Å²) in [7, 11) is 3.08. The van der Waals surface area contributed by atoms with Gasteiger partial charge in [-0.15, -0.1) is 0 Å². The third-order valence-corrected chi connectivity index (χ3v) is 2.80. The Kier molecular flexibility index (Phi) is 4.77. The highest BCUT2D eigenvalue weighted by Gasteiger charge is 2.13. The van der Waals surface area contributed by atoms with Gasteiger partial charge in [-0.1, -0.05) is 0 Å². The first-order chi connectivity index (χ1) is 7.99. The third kappa shape index (κ3) is 3.34. The number of anilines is 1. The molecule has 94 valence electrons. The van der Waals surface area contributed by atoms with Crippen LogP contribution in [0.15, 0.2) is 16.6 Å². The van der Waals surface area contributed by atoms with E-state index in [0.717, 1.165) is 0 Å². The van der Waals surface area contributed by atoms with E-state index < -0.39 is 6.04 Å². The Hall–Kier alpha value is -1.27. The minimum absolute atomic E-state index is 0.266. The molecule has 0 saturated heterocycles. The van der Waals surface area contributed by atoms with E-state index in [0.29, 0.717) is 21.7 Å². The van der Waals surface area contributed by atoms with Crippen LogP contribution < -0.4 is 20.5 Å². The normalized spacial score (nSPS) is 11.8. The Morgan fingerprint density at radius 2 is 1.88 bits per heavy atom. The average Bonchev–Trinajstić information content (AvgIpc) is 2.30. The molecular formula is C11H15BrN2O3. The van der Waals surface area contributed by atoms with Crippen molar-refractivity contribution in [2.45, 2.75) is 13.0 Å². The highest BCUT2D eigenvalue weighted by atomic mass is 79.9. The quantitative estimate of drug-likeness (QED) is 0.889. The molecule has 0 aliphatic heterocycles. The molecule has 1 amide bonds. The molecule has 1 atom stereocenters. The van der Waals surface area contributed by atoms with Crippen molar-refractivity contribution in [3.05, 3.63) is 16.6 Å². The van der Waals surface area contributed by atoms with Crippen LogP contribution in [0, 0.1) is 0 Å². The summed E-state index contributed by atoms with van der Waals surface area (Å²) in [5, 5.41) is 2.69. The van der Waals surface area contributed by atoms with Gasteiger partial charge in [-0.25, -0.2) is 0 Å². The van der Waals surface area contributed by atoms with Gasteiger partial charge in [0.25, 0.3) is 0 Å². The largest absolute Gasteiger partial charge is 0.493 e. The Labute approximate surface area is 108 Å². The lowest BCUT2D eigenvalue weighted by atomic mass is 10.2. The Morgan fingerprint density at radius 1 is 1.35 bits per heavy atom. The molecule has 6 heteroatoms. The van der Waals surface area contributed by atoms with Crippen LogP contribution in [-0.4, -0.2) is 26.2 Å². The maximum Gasteiger partial charge on any atom is 0.241 e. The van der Waals surface area contributed by atoms with Crippen LogP contribution in [0.5, 0.6) is 11.5 Å². The summed E-state index contributed by atoms with van der Waals surface area (Å²) in [6.07, 6.45) is 0. The van der Waals surface area contributed by atoms with Crippen molar-refractivity contribution in [2.24, 2.45) is 5.73 Å². The number of carbonyl (C=O) groups excluding carboxylic acids is 1. The van der Waals surface area contributed by atoms with Gasteiger partial charge in [0, 0.05) is 16.6 Å². The summed E-state index contributed by atoms with van der Waals surface area (Å²) in [6.45, 7) is 1.62. The number of rotatable bonds is 4. The van der Waals surface area contributed by atoms with Crippen LogP contribution >= 0.6 is 15.9 Å². The fourth-order valence-corrected chi connectivity index (χ4v) is 1.62. The van der Waals surface area contributed by atoms with Crippen LogP contribution in [0.3, 0.4) is 0 Å². The Morgan fingerprint density at radius 3 is 2.35 bits per heavy atom. The second-order valence-corrected chi connectivity index (χ2v) is 4.32. The Balaban J connectivity index is 3.04. The molecule has 0 saturated carbocycles.